The van der Waals surface area contributed by atoms with Crippen molar-refractivity contribution in [1.29, 1.82) is 0 Å². The van der Waals surface area contributed by atoms with Crippen molar-refractivity contribution in [2.45, 2.75) is 70.3 Å². The first kappa shape index (κ1) is 15.6. The van der Waals surface area contributed by atoms with Crippen LogP contribution in [-0.4, -0.2) is 13.1 Å². The second kappa shape index (κ2) is 8.46. The summed E-state index contributed by atoms with van der Waals surface area (Å²) in [5, 5.41) is 3.57. The smallest absolute Gasteiger partial charge is 0.00927 e. The molecular formula is C19H31N. The summed E-state index contributed by atoms with van der Waals surface area (Å²) in [5.41, 5.74) is 1.56. The van der Waals surface area contributed by atoms with Gasteiger partial charge in [-0.3, -0.25) is 0 Å². The predicted molar refractivity (Wildman–Crippen MR) is 88.1 cm³/mol. The molecule has 0 aliphatic heterocycles. The maximum absolute atomic E-state index is 3.57. The molecule has 0 amide bonds. The van der Waals surface area contributed by atoms with Crippen LogP contribution in [0.3, 0.4) is 0 Å². The van der Waals surface area contributed by atoms with E-state index < -0.39 is 0 Å². The normalized spacial score (nSPS) is 26.6. The van der Waals surface area contributed by atoms with E-state index in [0.717, 1.165) is 17.9 Å². The average molecular weight is 273 g/mol. The molecule has 1 fully saturated rings. The van der Waals surface area contributed by atoms with Crippen LogP contribution in [0.4, 0.5) is 0 Å². The summed E-state index contributed by atoms with van der Waals surface area (Å²) in [6.45, 7) is 2.29. The van der Waals surface area contributed by atoms with Crippen molar-refractivity contribution < 1.29 is 0 Å². The van der Waals surface area contributed by atoms with Crippen molar-refractivity contribution >= 4 is 0 Å². The molecule has 1 aromatic carbocycles. The molecule has 0 radical (unpaired) electrons. The van der Waals surface area contributed by atoms with Gasteiger partial charge in [-0.05, 0) is 50.1 Å². The maximum Gasteiger partial charge on any atom is 0.00927 e. The van der Waals surface area contributed by atoms with E-state index in [1.807, 2.05) is 0 Å². The standard InChI is InChI=1S/C19H31N/c1-3-4-5-7-12-18-15-17(13-14-19(18)20-2)16-10-8-6-9-11-16/h6,8-11,17-20H,3-5,7,12-15H2,1-2H3. The Labute approximate surface area is 125 Å². The zero-order chi connectivity index (χ0) is 14.2. The van der Waals surface area contributed by atoms with E-state index in [-0.39, 0.29) is 0 Å². The van der Waals surface area contributed by atoms with E-state index in [1.54, 1.807) is 5.56 Å². The summed E-state index contributed by atoms with van der Waals surface area (Å²) in [6, 6.07) is 11.9. The maximum atomic E-state index is 3.57. The van der Waals surface area contributed by atoms with E-state index in [0.29, 0.717) is 0 Å². The van der Waals surface area contributed by atoms with Crippen molar-refractivity contribution in [2.75, 3.05) is 7.05 Å². The number of unbranched alkanes of at least 4 members (excludes halogenated alkanes) is 3. The minimum Gasteiger partial charge on any atom is -0.317 e. The predicted octanol–water partition coefficient (Wildman–Crippen LogP) is 5.13. The van der Waals surface area contributed by atoms with Crippen LogP contribution in [0, 0.1) is 5.92 Å². The molecule has 0 spiro atoms. The van der Waals surface area contributed by atoms with Gasteiger partial charge in [0.05, 0.1) is 0 Å². The fraction of sp³-hybridized carbons (Fsp3) is 0.684. The van der Waals surface area contributed by atoms with E-state index in [9.17, 15) is 0 Å². The van der Waals surface area contributed by atoms with Crippen molar-refractivity contribution in [3.05, 3.63) is 35.9 Å². The number of rotatable bonds is 7. The van der Waals surface area contributed by atoms with Crippen LogP contribution in [0.25, 0.3) is 0 Å². The lowest BCUT2D eigenvalue weighted by Crippen LogP contribution is -2.38. The Morgan fingerprint density at radius 1 is 1.05 bits per heavy atom. The Morgan fingerprint density at radius 3 is 2.55 bits per heavy atom. The second-order valence-corrected chi connectivity index (χ2v) is 6.43. The summed E-state index contributed by atoms with van der Waals surface area (Å²) in [7, 11) is 2.15. The first-order valence-corrected chi connectivity index (χ1v) is 8.57. The molecule has 0 heterocycles. The summed E-state index contributed by atoms with van der Waals surface area (Å²) < 4.78 is 0. The van der Waals surface area contributed by atoms with Crippen LogP contribution in [0.5, 0.6) is 0 Å². The molecule has 3 unspecified atom stereocenters. The Morgan fingerprint density at radius 2 is 1.85 bits per heavy atom. The molecule has 1 nitrogen and oxygen atoms in total. The van der Waals surface area contributed by atoms with E-state index in [1.165, 1.54) is 51.4 Å². The first-order valence-electron chi connectivity index (χ1n) is 8.57. The van der Waals surface area contributed by atoms with Gasteiger partial charge in [-0.25, -0.2) is 0 Å². The Kier molecular flexibility index (Phi) is 6.59. The van der Waals surface area contributed by atoms with Crippen LogP contribution in [0.1, 0.15) is 69.8 Å². The molecule has 1 saturated carbocycles. The zero-order valence-corrected chi connectivity index (χ0v) is 13.3. The van der Waals surface area contributed by atoms with Crippen molar-refractivity contribution in [3.63, 3.8) is 0 Å². The van der Waals surface area contributed by atoms with Gasteiger partial charge in [-0.1, -0.05) is 62.9 Å². The summed E-state index contributed by atoms with van der Waals surface area (Å²) >= 11 is 0. The minimum absolute atomic E-state index is 0.747. The topological polar surface area (TPSA) is 12.0 Å². The molecular weight excluding hydrogens is 242 g/mol. The number of hydrogen-bond acceptors (Lipinski definition) is 1. The Balaban J connectivity index is 1.89. The molecule has 1 N–H and O–H groups in total. The fourth-order valence-corrected chi connectivity index (χ4v) is 3.82. The summed E-state index contributed by atoms with van der Waals surface area (Å²) in [5.74, 6) is 1.66. The molecule has 1 heteroatoms. The van der Waals surface area contributed by atoms with Crippen molar-refractivity contribution in [2.24, 2.45) is 5.92 Å². The quantitative estimate of drug-likeness (QED) is 0.679. The molecule has 1 aliphatic carbocycles. The third-order valence-corrected chi connectivity index (χ3v) is 5.05. The molecule has 0 saturated heterocycles. The summed E-state index contributed by atoms with van der Waals surface area (Å²) in [4.78, 5) is 0. The highest BCUT2D eigenvalue weighted by Gasteiger charge is 2.29. The molecule has 1 aromatic rings. The molecule has 2 rings (SSSR count). The minimum atomic E-state index is 0.747. The number of hydrogen-bond donors (Lipinski definition) is 1. The van der Waals surface area contributed by atoms with Gasteiger partial charge in [-0.15, -0.1) is 0 Å². The number of nitrogens with one attached hydrogen (secondary N) is 1. The number of benzene rings is 1. The van der Waals surface area contributed by atoms with Crippen LogP contribution in [-0.2, 0) is 0 Å². The lowest BCUT2D eigenvalue weighted by molar-refractivity contribution is 0.232. The van der Waals surface area contributed by atoms with Gasteiger partial charge in [0.15, 0.2) is 0 Å². The zero-order valence-electron chi connectivity index (χ0n) is 13.3. The highest BCUT2D eigenvalue weighted by Crippen LogP contribution is 2.38. The Hall–Kier alpha value is -0.820. The lowest BCUT2D eigenvalue weighted by atomic mass is 9.73. The fourth-order valence-electron chi connectivity index (χ4n) is 3.82. The first-order chi connectivity index (χ1) is 9.85. The van der Waals surface area contributed by atoms with Gasteiger partial charge in [0, 0.05) is 6.04 Å². The van der Waals surface area contributed by atoms with Crippen LogP contribution in [0.15, 0.2) is 30.3 Å². The van der Waals surface area contributed by atoms with Gasteiger partial charge in [0.25, 0.3) is 0 Å². The highest BCUT2D eigenvalue weighted by molar-refractivity contribution is 5.20. The van der Waals surface area contributed by atoms with Crippen LogP contribution < -0.4 is 5.32 Å². The van der Waals surface area contributed by atoms with Crippen LogP contribution in [0.2, 0.25) is 0 Å². The highest BCUT2D eigenvalue weighted by atomic mass is 14.9. The van der Waals surface area contributed by atoms with Gasteiger partial charge in [0.1, 0.15) is 0 Å². The molecule has 0 bridgehead atoms. The monoisotopic (exact) mass is 273 g/mol. The van der Waals surface area contributed by atoms with Crippen LogP contribution >= 0.6 is 0 Å². The van der Waals surface area contributed by atoms with E-state index >= 15 is 0 Å². The summed E-state index contributed by atoms with van der Waals surface area (Å²) in [6.07, 6.45) is 11.1. The molecule has 112 valence electrons. The van der Waals surface area contributed by atoms with E-state index in [2.05, 4.69) is 49.6 Å². The lowest BCUT2D eigenvalue weighted by Gasteiger charge is -2.36. The van der Waals surface area contributed by atoms with Gasteiger partial charge >= 0.3 is 0 Å². The van der Waals surface area contributed by atoms with Crippen molar-refractivity contribution in [3.8, 4) is 0 Å². The Bertz CT molecular complexity index is 359. The third-order valence-electron chi connectivity index (χ3n) is 5.05. The van der Waals surface area contributed by atoms with Gasteiger partial charge < -0.3 is 5.32 Å². The SMILES string of the molecule is CCCCCCC1CC(c2ccccc2)CCC1NC. The van der Waals surface area contributed by atoms with Gasteiger partial charge in [-0.2, -0.15) is 0 Å². The van der Waals surface area contributed by atoms with E-state index in [4.69, 9.17) is 0 Å². The molecule has 3 atom stereocenters. The average Bonchev–Trinajstić information content (AvgIpc) is 2.52. The van der Waals surface area contributed by atoms with Crippen molar-refractivity contribution in [1.82, 2.24) is 5.32 Å². The third kappa shape index (κ3) is 4.34. The largest absolute Gasteiger partial charge is 0.317 e. The van der Waals surface area contributed by atoms with Gasteiger partial charge in [0.2, 0.25) is 0 Å². The molecule has 0 aromatic heterocycles. The molecule has 1 aliphatic rings. The second-order valence-electron chi connectivity index (χ2n) is 6.43. The molecule has 20 heavy (non-hydrogen) atoms.